The summed E-state index contributed by atoms with van der Waals surface area (Å²) in [6.45, 7) is 0.371. The molecule has 43 heavy (non-hydrogen) atoms. The lowest BCUT2D eigenvalue weighted by atomic mass is 9.94. The Morgan fingerprint density at radius 3 is 2.47 bits per heavy atom. The number of ether oxygens (including phenoxy) is 1. The number of benzene rings is 3. The Balaban J connectivity index is 1.60. The molecular weight excluding hydrogens is 603 g/mol. The molecule has 0 spiro atoms. The number of rotatable bonds is 4. The molecule has 0 radical (unpaired) electrons. The highest BCUT2D eigenvalue weighted by atomic mass is 35.5. The number of nitrogens with zero attached hydrogens (tertiary/aromatic N) is 3. The van der Waals surface area contributed by atoms with Crippen LogP contribution in [0.4, 0.5) is 13.2 Å². The molecule has 12 heteroatoms. The van der Waals surface area contributed by atoms with E-state index in [1.165, 1.54) is 23.0 Å². The molecule has 0 unspecified atom stereocenters. The number of halogens is 4. The maximum atomic E-state index is 14.2. The summed E-state index contributed by atoms with van der Waals surface area (Å²) in [5.74, 6) is -2.15. The van der Waals surface area contributed by atoms with Crippen molar-refractivity contribution in [2.75, 3.05) is 11.7 Å². The van der Waals surface area contributed by atoms with E-state index in [0.29, 0.717) is 21.2 Å². The zero-order valence-electron chi connectivity index (χ0n) is 22.5. The van der Waals surface area contributed by atoms with E-state index in [2.05, 4.69) is 0 Å². The summed E-state index contributed by atoms with van der Waals surface area (Å²) in [5, 5.41) is 1.94. The molecule has 2 atom stereocenters. The monoisotopic (exact) mass is 625 g/mol. The highest BCUT2D eigenvalue weighted by Crippen LogP contribution is 2.45. The van der Waals surface area contributed by atoms with Crippen molar-refractivity contribution in [3.63, 3.8) is 0 Å². The van der Waals surface area contributed by atoms with Crippen LogP contribution in [0, 0.1) is 0 Å². The van der Waals surface area contributed by atoms with Gasteiger partial charge in [0.05, 0.1) is 5.56 Å². The predicted molar refractivity (Wildman–Crippen MR) is 156 cm³/mol. The lowest BCUT2D eigenvalue weighted by molar-refractivity contribution is -0.173. The minimum Gasteiger partial charge on any atom is -0.416 e. The summed E-state index contributed by atoms with van der Waals surface area (Å²) in [5.41, 5.74) is 1.04. The molecule has 2 aliphatic rings. The summed E-state index contributed by atoms with van der Waals surface area (Å²) >= 11 is 8.35. The standard InChI is InChI=1S/C31H23ClF3N3O4S/c1-18(31(33,34)35)36-17-38(26-21-11-5-6-13-24(21)43-16-20-10-7-12-22(32)25(20)26)37-15-14-23(39)28(27(37)29(36)40)42-30(41)19-8-3-2-4-9-19/h2-15,18,26H,16-17H2,1H3/t18-,26-/m1/s1. The third-order valence-corrected chi connectivity index (χ3v) is 9.00. The maximum absolute atomic E-state index is 14.2. The molecule has 7 nitrogen and oxygen atoms in total. The zero-order chi connectivity index (χ0) is 30.5. The molecule has 220 valence electrons. The molecule has 1 amide bonds. The Morgan fingerprint density at radius 1 is 1.00 bits per heavy atom. The summed E-state index contributed by atoms with van der Waals surface area (Å²) in [4.78, 5) is 41.5. The van der Waals surface area contributed by atoms with Crippen LogP contribution in [0.2, 0.25) is 5.02 Å². The van der Waals surface area contributed by atoms with Gasteiger partial charge in [-0.05, 0) is 42.3 Å². The minimum absolute atomic E-state index is 0.0977. The van der Waals surface area contributed by atoms with E-state index in [0.717, 1.165) is 29.0 Å². The van der Waals surface area contributed by atoms with Crippen molar-refractivity contribution in [3.05, 3.63) is 128 Å². The van der Waals surface area contributed by atoms with Crippen LogP contribution in [-0.2, 0) is 5.75 Å². The van der Waals surface area contributed by atoms with E-state index in [9.17, 15) is 27.6 Å². The van der Waals surface area contributed by atoms with Crippen LogP contribution >= 0.6 is 23.4 Å². The summed E-state index contributed by atoms with van der Waals surface area (Å²) in [6.07, 6.45) is -3.48. The SMILES string of the molecule is C[C@@H](N1CN([C@@H]2c3ccccc3SCc3cccc(Cl)c32)n2ccc(=O)c(OC(=O)c3ccccc3)c2C1=O)C(F)(F)F. The number of hydrogen-bond acceptors (Lipinski definition) is 6. The van der Waals surface area contributed by atoms with E-state index >= 15 is 0 Å². The van der Waals surface area contributed by atoms with Gasteiger partial charge in [-0.25, -0.2) is 4.79 Å². The number of alkyl halides is 3. The minimum atomic E-state index is -4.79. The Morgan fingerprint density at radius 2 is 1.72 bits per heavy atom. The molecule has 0 saturated heterocycles. The van der Waals surface area contributed by atoms with Crippen molar-refractivity contribution in [1.29, 1.82) is 0 Å². The third-order valence-electron chi connectivity index (χ3n) is 7.53. The molecule has 0 saturated carbocycles. The Kier molecular flexibility index (Phi) is 7.47. The third kappa shape index (κ3) is 5.16. The Labute approximate surface area is 253 Å². The fourth-order valence-electron chi connectivity index (χ4n) is 5.32. The first-order valence-corrected chi connectivity index (χ1v) is 14.6. The Hall–Kier alpha value is -4.22. The van der Waals surface area contributed by atoms with Gasteiger partial charge in [-0.1, -0.05) is 60.1 Å². The molecule has 1 aromatic heterocycles. The van der Waals surface area contributed by atoms with Crippen LogP contribution in [0.3, 0.4) is 0 Å². The largest absolute Gasteiger partial charge is 0.416 e. The van der Waals surface area contributed by atoms with Gasteiger partial charge in [-0.2, -0.15) is 13.2 Å². The summed E-state index contributed by atoms with van der Waals surface area (Å²) in [6, 6.07) is 18.8. The summed E-state index contributed by atoms with van der Waals surface area (Å²) < 4.78 is 49.3. The zero-order valence-corrected chi connectivity index (χ0v) is 24.1. The first kappa shape index (κ1) is 28.9. The second-order valence-electron chi connectivity index (χ2n) is 10.1. The van der Waals surface area contributed by atoms with Crippen molar-refractivity contribution in [3.8, 4) is 5.75 Å². The van der Waals surface area contributed by atoms with Crippen molar-refractivity contribution < 1.29 is 27.5 Å². The highest BCUT2D eigenvalue weighted by molar-refractivity contribution is 7.98. The lowest BCUT2D eigenvalue weighted by Gasteiger charge is -2.46. The molecule has 2 aliphatic heterocycles. The number of hydrogen-bond donors (Lipinski definition) is 0. The first-order valence-electron chi connectivity index (χ1n) is 13.2. The number of pyridine rings is 1. The fourth-order valence-corrected chi connectivity index (χ4v) is 6.70. The number of carbonyl (C=O) groups is 2. The topological polar surface area (TPSA) is 71.8 Å². The average molecular weight is 626 g/mol. The second-order valence-corrected chi connectivity index (χ2v) is 11.5. The van der Waals surface area contributed by atoms with Crippen molar-refractivity contribution in [2.45, 2.75) is 35.8 Å². The van der Waals surface area contributed by atoms with Crippen molar-refractivity contribution in [2.24, 2.45) is 0 Å². The quantitative estimate of drug-likeness (QED) is 0.244. The molecule has 0 bridgehead atoms. The van der Waals surface area contributed by atoms with E-state index < -0.39 is 53.7 Å². The van der Waals surface area contributed by atoms with Gasteiger partial charge in [0.2, 0.25) is 11.2 Å². The fraction of sp³-hybridized carbons (Fsp3) is 0.194. The number of esters is 1. The van der Waals surface area contributed by atoms with Crippen LogP contribution in [-0.4, -0.2) is 40.3 Å². The molecule has 0 aliphatic carbocycles. The van der Waals surface area contributed by atoms with Gasteiger partial charge in [-0.15, -0.1) is 11.8 Å². The number of thioether (sulfide) groups is 1. The van der Waals surface area contributed by atoms with Crippen molar-refractivity contribution in [1.82, 2.24) is 9.58 Å². The number of fused-ring (bicyclic) bond motifs is 3. The van der Waals surface area contributed by atoms with Gasteiger partial charge < -0.3 is 9.64 Å². The molecule has 3 heterocycles. The van der Waals surface area contributed by atoms with E-state index in [1.54, 1.807) is 47.1 Å². The molecule has 0 fully saturated rings. The normalized spacial score (nSPS) is 17.0. The van der Waals surface area contributed by atoms with Crippen LogP contribution in [0.25, 0.3) is 0 Å². The molecule has 3 aromatic carbocycles. The van der Waals surface area contributed by atoms with E-state index in [4.69, 9.17) is 16.3 Å². The maximum Gasteiger partial charge on any atom is 0.408 e. The highest BCUT2D eigenvalue weighted by Gasteiger charge is 2.48. The van der Waals surface area contributed by atoms with Gasteiger partial charge in [0.1, 0.15) is 18.8 Å². The van der Waals surface area contributed by atoms with Crippen LogP contribution in [0.5, 0.6) is 5.75 Å². The Bertz CT molecular complexity index is 1800. The molecule has 6 rings (SSSR count). The molecule has 0 N–H and O–H groups in total. The van der Waals surface area contributed by atoms with Crippen LogP contribution < -0.4 is 15.2 Å². The van der Waals surface area contributed by atoms with Crippen LogP contribution in [0.1, 0.15) is 50.5 Å². The van der Waals surface area contributed by atoms with Gasteiger partial charge in [0.15, 0.2) is 5.69 Å². The first-order chi connectivity index (χ1) is 20.6. The number of carbonyl (C=O) groups excluding carboxylic acids is 2. The average Bonchev–Trinajstić information content (AvgIpc) is 3.16. The van der Waals surface area contributed by atoms with Gasteiger partial charge >= 0.3 is 12.1 Å². The van der Waals surface area contributed by atoms with E-state index in [1.807, 2.05) is 30.3 Å². The van der Waals surface area contributed by atoms with Crippen molar-refractivity contribution >= 4 is 35.2 Å². The predicted octanol–water partition coefficient (Wildman–Crippen LogP) is 6.42. The van der Waals surface area contributed by atoms with Gasteiger partial charge in [0.25, 0.3) is 5.91 Å². The summed E-state index contributed by atoms with van der Waals surface area (Å²) in [7, 11) is 0. The second kappa shape index (κ2) is 11.1. The van der Waals surface area contributed by atoms with Crippen LogP contribution in [0.15, 0.2) is 94.7 Å². The van der Waals surface area contributed by atoms with Gasteiger partial charge in [0, 0.05) is 33.5 Å². The number of amides is 1. The smallest absolute Gasteiger partial charge is 0.408 e. The lowest BCUT2D eigenvalue weighted by Crippen LogP contribution is -2.60. The van der Waals surface area contributed by atoms with E-state index in [-0.39, 0.29) is 5.56 Å². The molecular formula is C31H23ClF3N3O4S. The number of aromatic nitrogens is 1. The van der Waals surface area contributed by atoms with Gasteiger partial charge in [-0.3, -0.25) is 19.3 Å². The molecule has 4 aromatic rings.